The smallest absolute Gasteiger partial charge is 0.295 e. The third-order valence-electron chi connectivity index (χ3n) is 0.357. The summed E-state index contributed by atoms with van der Waals surface area (Å²) in [6.07, 6.45) is 2.89. The number of hydrogen-bond donors (Lipinski definition) is 0. The summed E-state index contributed by atoms with van der Waals surface area (Å²) in [6.45, 7) is 3.02. The summed E-state index contributed by atoms with van der Waals surface area (Å²) in [5, 5.41) is 0. The molecular weight excluding hydrogens is 108 g/mol. The molecule has 0 aliphatic carbocycles. The fourth-order valence-electron chi connectivity index (χ4n) is 0.151. The van der Waals surface area contributed by atoms with Crippen LogP contribution in [0.4, 0.5) is 0 Å². The van der Waals surface area contributed by atoms with Crippen LogP contribution in [0.25, 0.3) is 0 Å². The normalized spacial score (nSPS) is 9.25. The van der Waals surface area contributed by atoms with E-state index in [9.17, 15) is 4.79 Å². The van der Waals surface area contributed by atoms with Crippen LogP contribution < -0.4 is 0 Å². The molecule has 0 amide bonds. The molecule has 0 aromatic heterocycles. The predicted octanol–water partition coefficient (Wildman–Crippen LogP) is 1.01. The Balaban J connectivity index is 3.05. The molecule has 0 fully saturated rings. The van der Waals surface area contributed by atoms with Crippen molar-refractivity contribution in [2.75, 3.05) is 0 Å². The molecule has 0 aliphatic heterocycles. The van der Waals surface area contributed by atoms with E-state index in [-0.39, 0.29) is 0 Å². The van der Waals surface area contributed by atoms with Gasteiger partial charge in [0.1, 0.15) is 6.26 Å². The molecule has 0 heterocycles. The van der Waals surface area contributed by atoms with Crippen LogP contribution in [0.15, 0.2) is 12.3 Å². The minimum absolute atomic E-state index is 0.455. The van der Waals surface area contributed by atoms with Gasteiger partial charge in [0.05, 0.1) is 0 Å². The summed E-state index contributed by atoms with van der Waals surface area (Å²) < 4.78 is 0. The second-order valence-electron chi connectivity index (χ2n) is 1.14. The Morgan fingerprint density at radius 2 is 2.25 bits per heavy atom. The van der Waals surface area contributed by atoms with Gasteiger partial charge in [-0.05, 0) is 13.0 Å². The van der Waals surface area contributed by atoms with Gasteiger partial charge in [-0.1, -0.05) is 0 Å². The van der Waals surface area contributed by atoms with Crippen molar-refractivity contribution < 1.29 is 14.6 Å². The van der Waals surface area contributed by atoms with Gasteiger partial charge in [-0.2, -0.15) is 0 Å². The highest BCUT2D eigenvalue weighted by Gasteiger charge is 1.86. The van der Waals surface area contributed by atoms with Crippen molar-refractivity contribution in [2.45, 2.75) is 13.8 Å². The Bertz CT molecular complexity index is 95.8. The van der Waals surface area contributed by atoms with Gasteiger partial charge in [-0.15, -0.1) is 0 Å². The molecule has 8 heavy (non-hydrogen) atoms. The van der Waals surface area contributed by atoms with E-state index in [1.807, 2.05) is 0 Å². The first-order chi connectivity index (χ1) is 3.77. The molecule has 0 rings (SSSR count). The molecule has 0 saturated carbocycles. The van der Waals surface area contributed by atoms with Gasteiger partial charge in [-0.25, -0.2) is 4.79 Å². The highest BCUT2D eigenvalue weighted by Crippen LogP contribution is 1.79. The number of carbonyl (C=O) groups excluding carboxylic acids is 1. The summed E-state index contributed by atoms with van der Waals surface area (Å²) in [7, 11) is 0. The van der Waals surface area contributed by atoms with E-state index < -0.39 is 5.97 Å². The SMILES string of the molecule is CC=COOC(C)=O. The first kappa shape index (κ1) is 7.01. The summed E-state index contributed by atoms with van der Waals surface area (Å²) in [5.41, 5.74) is 0. The second-order valence-corrected chi connectivity index (χ2v) is 1.14. The summed E-state index contributed by atoms with van der Waals surface area (Å²) in [5.74, 6) is -0.455. The minimum atomic E-state index is -0.455. The van der Waals surface area contributed by atoms with Gasteiger partial charge in [0.15, 0.2) is 0 Å². The zero-order chi connectivity index (χ0) is 6.41. The lowest BCUT2D eigenvalue weighted by molar-refractivity contribution is -0.235. The molecule has 0 radical (unpaired) electrons. The molecule has 0 aromatic rings. The van der Waals surface area contributed by atoms with Crippen LogP contribution in [0.2, 0.25) is 0 Å². The fourth-order valence-corrected chi connectivity index (χ4v) is 0.151. The molecule has 3 nitrogen and oxygen atoms in total. The maximum absolute atomic E-state index is 9.94. The van der Waals surface area contributed by atoms with Gasteiger partial charge >= 0.3 is 5.97 Å². The maximum Gasteiger partial charge on any atom is 0.352 e. The Kier molecular flexibility index (Phi) is 3.66. The van der Waals surface area contributed by atoms with Crippen LogP contribution in [0.3, 0.4) is 0 Å². The first-order valence-electron chi connectivity index (χ1n) is 2.22. The molecule has 0 N–H and O–H groups in total. The molecule has 0 aromatic carbocycles. The molecule has 0 bridgehead atoms. The molecule has 0 unspecified atom stereocenters. The van der Waals surface area contributed by atoms with Crippen molar-refractivity contribution in [2.24, 2.45) is 0 Å². The summed E-state index contributed by atoms with van der Waals surface area (Å²) >= 11 is 0. The Hall–Kier alpha value is -0.990. The molecule has 0 spiro atoms. The van der Waals surface area contributed by atoms with E-state index in [0.29, 0.717) is 0 Å². The zero-order valence-corrected chi connectivity index (χ0v) is 4.88. The molecular formula is C5H8O3. The lowest BCUT2D eigenvalue weighted by Crippen LogP contribution is -1.94. The summed E-state index contributed by atoms with van der Waals surface area (Å²) in [4.78, 5) is 18.2. The third-order valence-corrected chi connectivity index (χ3v) is 0.357. The van der Waals surface area contributed by atoms with Crippen molar-refractivity contribution in [3.63, 3.8) is 0 Å². The topological polar surface area (TPSA) is 35.5 Å². The molecule has 0 aliphatic rings. The van der Waals surface area contributed by atoms with Crippen LogP contribution in [0, 0.1) is 0 Å². The Morgan fingerprint density at radius 3 is 2.62 bits per heavy atom. The van der Waals surface area contributed by atoms with Crippen molar-refractivity contribution in [1.82, 2.24) is 0 Å². The number of carbonyl (C=O) groups is 1. The van der Waals surface area contributed by atoms with Crippen LogP contribution in [0.5, 0.6) is 0 Å². The van der Waals surface area contributed by atoms with Crippen LogP contribution in [-0.4, -0.2) is 5.97 Å². The molecule has 3 heteroatoms. The minimum Gasteiger partial charge on any atom is -0.295 e. The standard InChI is InChI=1S/C5H8O3/c1-3-4-7-8-5(2)6/h3-4H,1-2H3. The van der Waals surface area contributed by atoms with Gasteiger partial charge in [0.25, 0.3) is 0 Å². The number of rotatable bonds is 2. The van der Waals surface area contributed by atoms with E-state index in [0.717, 1.165) is 0 Å². The van der Waals surface area contributed by atoms with Crippen LogP contribution in [-0.2, 0) is 14.6 Å². The van der Waals surface area contributed by atoms with Crippen LogP contribution >= 0.6 is 0 Å². The van der Waals surface area contributed by atoms with Crippen LogP contribution in [0.1, 0.15) is 13.8 Å². The fraction of sp³-hybridized carbons (Fsp3) is 0.400. The number of hydrogen-bond acceptors (Lipinski definition) is 3. The van der Waals surface area contributed by atoms with E-state index >= 15 is 0 Å². The average molecular weight is 116 g/mol. The second kappa shape index (κ2) is 4.18. The predicted molar refractivity (Wildman–Crippen MR) is 27.7 cm³/mol. The van der Waals surface area contributed by atoms with Gasteiger partial charge < -0.3 is 0 Å². The Morgan fingerprint density at radius 1 is 1.62 bits per heavy atom. The largest absolute Gasteiger partial charge is 0.352 e. The zero-order valence-electron chi connectivity index (χ0n) is 4.88. The maximum atomic E-state index is 9.94. The van der Waals surface area contributed by atoms with Gasteiger partial charge in [0, 0.05) is 6.92 Å². The monoisotopic (exact) mass is 116 g/mol. The lowest BCUT2D eigenvalue weighted by atomic mass is 10.7. The van der Waals surface area contributed by atoms with Crippen molar-refractivity contribution >= 4 is 5.97 Å². The van der Waals surface area contributed by atoms with Gasteiger partial charge in [-0.3, -0.25) is 9.78 Å². The quantitative estimate of drug-likeness (QED) is 0.307. The van der Waals surface area contributed by atoms with E-state index in [4.69, 9.17) is 0 Å². The third kappa shape index (κ3) is 5.01. The first-order valence-corrected chi connectivity index (χ1v) is 2.22. The molecule has 0 saturated heterocycles. The molecule has 0 atom stereocenters. The molecule has 46 valence electrons. The van der Waals surface area contributed by atoms with Crippen molar-refractivity contribution in [3.8, 4) is 0 Å². The van der Waals surface area contributed by atoms with E-state index in [2.05, 4.69) is 9.78 Å². The van der Waals surface area contributed by atoms with E-state index in [1.54, 1.807) is 13.0 Å². The average Bonchev–Trinajstić information content (AvgIpc) is 1.66. The van der Waals surface area contributed by atoms with Crippen molar-refractivity contribution in [1.29, 1.82) is 0 Å². The highest BCUT2D eigenvalue weighted by atomic mass is 17.2. The summed E-state index contributed by atoms with van der Waals surface area (Å²) in [6, 6.07) is 0. The van der Waals surface area contributed by atoms with Gasteiger partial charge in [0.2, 0.25) is 0 Å². The lowest BCUT2D eigenvalue weighted by Gasteiger charge is -1.91. The number of allylic oxidation sites excluding steroid dienone is 1. The Labute approximate surface area is 47.8 Å². The van der Waals surface area contributed by atoms with Crippen molar-refractivity contribution in [3.05, 3.63) is 12.3 Å². The van der Waals surface area contributed by atoms with E-state index in [1.165, 1.54) is 13.2 Å². The highest BCUT2D eigenvalue weighted by molar-refractivity contribution is 5.65.